The third-order valence-electron chi connectivity index (χ3n) is 2.88. The van der Waals surface area contributed by atoms with Crippen molar-refractivity contribution in [2.24, 2.45) is 0 Å². The van der Waals surface area contributed by atoms with Crippen molar-refractivity contribution in [1.29, 1.82) is 0 Å². The summed E-state index contributed by atoms with van der Waals surface area (Å²) in [6.45, 7) is 15.2. The Kier molecular flexibility index (Phi) is 6.76. The molecule has 1 aromatic rings. The van der Waals surface area contributed by atoms with Gasteiger partial charge in [0.15, 0.2) is 0 Å². The molecule has 0 aliphatic carbocycles. The van der Waals surface area contributed by atoms with Crippen LogP contribution in [0.2, 0.25) is 0 Å². The van der Waals surface area contributed by atoms with Crippen LogP contribution in [-0.4, -0.2) is 24.5 Å². The van der Waals surface area contributed by atoms with E-state index in [1.54, 1.807) is 6.26 Å². The van der Waals surface area contributed by atoms with Crippen LogP contribution in [0.5, 0.6) is 0 Å². The van der Waals surface area contributed by atoms with Crippen molar-refractivity contribution in [3.8, 4) is 0 Å². The Bertz CT molecular complexity index is 357. The maximum absolute atomic E-state index is 5.55. The van der Waals surface area contributed by atoms with E-state index in [0.29, 0.717) is 0 Å². The largest absolute Gasteiger partial charge is 0.468 e. The number of likely N-dealkylation sites (N-methyl/N-ethyl adjacent to an activating group) is 1. The first-order chi connectivity index (χ1) is 8.67. The minimum Gasteiger partial charge on any atom is -0.468 e. The van der Waals surface area contributed by atoms with Crippen molar-refractivity contribution in [3.05, 3.63) is 35.8 Å². The molecular formula is C15H26N2O. The Morgan fingerprint density at radius 2 is 2.22 bits per heavy atom. The number of hydrogen-bond acceptors (Lipinski definition) is 3. The summed E-state index contributed by atoms with van der Waals surface area (Å²) >= 11 is 0. The number of furan rings is 1. The van der Waals surface area contributed by atoms with Crippen molar-refractivity contribution in [1.82, 2.24) is 10.2 Å². The third kappa shape index (κ3) is 5.07. The first-order valence-electron chi connectivity index (χ1n) is 6.80. The zero-order chi connectivity index (χ0) is 13.4. The third-order valence-corrected chi connectivity index (χ3v) is 2.88. The average molecular weight is 250 g/mol. The quantitative estimate of drug-likeness (QED) is 0.539. The highest BCUT2D eigenvalue weighted by Crippen LogP contribution is 2.14. The molecule has 0 atom stereocenters. The summed E-state index contributed by atoms with van der Waals surface area (Å²) in [5.41, 5.74) is 2.48. The lowest BCUT2D eigenvalue weighted by molar-refractivity contribution is 0.301. The van der Waals surface area contributed by atoms with Crippen LogP contribution in [0, 0.1) is 0 Å². The van der Waals surface area contributed by atoms with Crippen molar-refractivity contribution in [2.45, 2.75) is 40.3 Å². The molecule has 1 heterocycles. The van der Waals surface area contributed by atoms with Gasteiger partial charge in [0.25, 0.3) is 0 Å². The molecule has 0 aliphatic rings. The molecule has 1 aromatic heterocycles. The highest BCUT2D eigenvalue weighted by Gasteiger charge is 2.10. The lowest BCUT2D eigenvalue weighted by Gasteiger charge is -2.20. The molecule has 3 heteroatoms. The van der Waals surface area contributed by atoms with Gasteiger partial charge in [-0.3, -0.25) is 4.90 Å². The lowest BCUT2D eigenvalue weighted by Crippen LogP contribution is -2.25. The fourth-order valence-electron chi connectivity index (χ4n) is 1.94. The maximum Gasteiger partial charge on any atom is 0.122 e. The first-order valence-corrected chi connectivity index (χ1v) is 6.80. The van der Waals surface area contributed by atoms with Crippen LogP contribution >= 0.6 is 0 Å². The standard InChI is InChI=1S/C15H26N2O/c1-5-8-16-10-15-14(7-9-18-15)12-17(6-2)11-13(3)4/h7,9,16H,3,5-6,8,10-12H2,1-2,4H3. The van der Waals surface area contributed by atoms with Gasteiger partial charge in [-0.05, 0) is 32.5 Å². The summed E-state index contributed by atoms with van der Waals surface area (Å²) in [7, 11) is 0. The van der Waals surface area contributed by atoms with Gasteiger partial charge < -0.3 is 9.73 Å². The molecule has 1 rings (SSSR count). The van der Waals surface area contributed by atoms with Gasteiger partial charge in [0.1, 0.15) is 5.76 Å². The van der Waals surface area contributed by atoms with Crippen LogP contribution in [-0.2, 0) is 13.1 Å². The van der Waals surface area contributed by atoms with E-state index in [2.05, 4.69) is 43.6 Å². The van der Waals surface area contributed by atoms with Crippen molar-refractivity contribution in [3.63, 3.8) is 0 Å². The monoisotopic (exact) mass is 250 g/mol. The smallest absolute Gasteiger partial charge is 0.122 e. The second-order valence-electron chi connectivity index (χ2n) is 4.81. The Labute approximate surface area is 111 Å². The number of rotatable bonds is 9. The van der Waals surface area contributed by atoms with Crippen LogP contribution in [0.3, 0.4) is 0 Å². The zero-order valence-electron chi connectivity index (χ0n) is 12.0. The summed E-state index contributed by atoms with van der Waals surface area (Å²) in [6.07, 6.45) is 2.93. The van der Waals surface area contributed by atoms with Gasteiger partial charge in [-0.2, -0.15) is 0 Å². The van der Waals surface area contributed by atoms with Crippen LogP contribution in [0.15, 0.2) is 28.9 Å². The number of hydrogen-bond donors (Lipinski definition) is 1. The molecule has 0 unspecified atom stereocenters. The molecule has 0 fully saturated rings. The predicted octanol–water partition coefficient (Wildman–Crippen LogP) is 3.18. The van der Waals surface area contributed by atoms with E-state index < -0.39 is 0 Å². The highest BCUT2D eigenvalue weighted by molar-refractivity contribution is 5.17. The fourth-order valence-corrected chi connectivity index (χ4v) is 1.94. The molecule has 0 spiro atoms. The first kappa shape index (κ1) is 15.0. The van der Waals surface area contributed by atoms with Crippen LogP contribution < -0.4 is 5.32 Å². The van der Waals surface area contributed by atoms with E-state index in [0.717, 1.165) is 44.9 Å². The topological polar surface area (TPSA) is 28.4 Å². The summed E-state index contributed by atoms with van der Waals surface area (Å²) < 4.78 is 5.55. The zero-order valence-corrected chi connectivity index (χ0v) is 12.0. The summed E-state index contributed by atoms with van der Waals surface area (Å²) in [6, 6.07) is 2.07. The molecule has 0 bridgehead atoms. The van der Waals surface area contributed by atoms with E-state index in [4.69, 9.17) is 4.42 Å². The minimum absolute atomic E-state index is 0.820. The molecule has 0 amide bonds. The lowest BCUT2D eigenvalue weighted by atomic mass is 10.2. The van der Waals surface area contributed by atoms with E-state index >= 15 is 0 Å². The average Bonchev–Trinajstić information content (AvgIpc) is 2.75. The van der Waals surface area contributed by atoms with Crippen LogP contribution in [0.4, 0.5) is 0 Å². The van der Waals surface area contributed by atoms with Crippen molar-refractivity contribution in [2.75, 3.05) is 19.6 Å². The Morgan fingerprint density at radius 3 is 2.83 bits per heavy atom. The molecule has 0 aromatic carbocycles. The van der Waals surface area contributed by atoms with Gasteiger partial charge in [-0.1, -0.05) is 26.0 Å². The summed E-state index contributed by atoms with van der Waals surface area (Å²) in [5.74, 6) is 1.06. The molecule has 0 saturated heterocycles. The Hall–Kier alpha value is -1.06. The Balaban J connectivity index is 2.54. The summed E-state index contributed by atoms with van der Waals surface area (Å²) in [4.78, 5) is 2.37. The van der Waals surface area contributed by atoms with Gasteiger partial charge in [0.2, 0.25) is 0 Å². The van der Waals surface area contributed by atoms with E-state index in [1.807, 2.05) is 0 Å². The van der Waals surface area contributed by atoms with E-state index in [-0.39, 0.29) is 0 Å². The molecule has 0 aliphatic heterocycles. The van der Waals surface area contributed by atoms with Gasteiger partial charge in [-0.25, -0.2) is 0 Å². The van der Waals surface area contributed by atoms with E-state index in [1.165, 1.54) is 11.1 Å². The molecule has 102 valence electrons. The molecule has 0 radical (unpaired) electrons. The van der Waals surface area contributed by atoms with Crippen LogP contribution in [0.1, 0.15) is 38.5 Å². The molecule has 18 heavy (non-hydrogen) atoms. The van der Waals surface area contributed by atoms with Crippen LogP contribution in [0.25, 0.3) is 0 Å². The van der Waals surface area contributed by atoms with Crippen molar-refractivity contribution >= 4 is 0 Å². The second-order valence-corrected chi connectivity index (χ2v) is 4.81. The fraction of sp³-hybridized carbons (Fsp3) is 0.600. The maximum atomic E-state index is 5.55. The molecular weight excluding hydrogens is 224 g/mol. The number of nitrogens with one attached hydrogen (secondary N) is 1. The summed E-state index contributed by atoms with van der Waals surface area (Å²) in [5, 5.41) is 3.38. The second kappa shape index (κ2) is 8.11. The van der Waals surface area contributed by atoms with Gasteiger partial charge >= 0.3 is 0 Å². The predicted molar refractivity (Wildman–Crippen MR) is 76.5 cm³/mol. The van der Waals surface area contributed by atoms with Gasteiger partial charge in [0, 0.05) is 18.7 Å². The van der Waals surface area contributed by atoms with E-state index in [9.17, 15) is 0 Å². The van der Waals surface area contributed by atoms with Gasteiger partial charge in [-0.15, -0.1) is 0 Å². The Morgan fingerprint density at radius 1 is 1.44 bits per heavy atom. The molecule has 1 N–H and O–H groups in total. The normalized spacial score (nSPS) is 11.1. The molecule has 0 saturated carbocycles. The van der Waals surface area contributed by atoms with Gasteiger partial charge in [0.05, 0.1) is 12.8 Å². The SMILES string of the molecule is C=C(C)CN(CC)Cc1ccoc1CNCCC. The molecule has 3 nitrogen and oxygen atoms in total. The minimum atomic E-state index is 0.820. The van der Waals surface area contributed by atoms with Crippen molar-refractivity contribution < 1.29 is 4.42 Å². The highest BCUT2D eigenvalue weighted by atomic mass is 16.3. The number of nitrogens with zero attached hydrogens (tertiary/aromatic N) is 1.